The Labute approximate surface area is 263 Å². The van der Waals surface area contributed by atoms with Crippen molar-refractivity contribution in [3.63, 3.8) is 0 Å². The van der Waals surface area contributed by atoms with Gasteiger partial charge in [-0.1, -0.05) is 84.9 Å². The average Bonchev–Trinajstić information content (AvgIpc) is 3.87. The SMILES string of the molecule is c1ccc2cc(-c3ccc4c(-c5ccc(-c6ncco6)nc5)c5ccccc5c(-c5ccc(-c6ncco6)nc5)c4c3)ccc2c1. The third-order valence-corrected chi connectivity index (χ3v) is 8.51. The molecule has 6 nitrogen and oxygen atoms in total. The summed E-state index contributed by atoms with van der Waals surface area (Å²) in [4.78, 5) is 18.0. The van der Waals surface area contributed by atoms with E-state index in [-0.39, 0.29) is 0 Å². The molecule has 0 amide bonds. The van der Waals surface area contributed by atoms with E-state index in [0.717, 1.165) is 54.9 Å². The van der Waals surface area contributed by atoms with Gasteiger partial charge in [-0.2, -0.15) is 0 Å². The third kappa shape index (κ3) is 4.35. The number of nitrogens with zero attached hydrogens (tertiary/aromatic N) is 4. The smallest absolute Gasteiger partial charge is 0.244 e. The Hall–Kier alpha value is -6.40. The number of fused-ring (bicyclic) bond motifs is 3. The minimum absolute atomic E-state index is 0.496. The van der Waals surface area contributed by atoms with Gasteiger partial charge in [0.15, 0.2) is 0 Å². The summed E-state index contributed by atoms with van der Waals surface area (Å²) in [6.07, 6.45) is 10.2. The first kappa shape index (κ1) is 26.0. The summed E-state index contributed by atoms with van der Waals surface area (Å²) in [5.41, 5.74) is 7.94. The van der Waals surface area contributed by atoms with Gasteiger partial charge in [0.1, 0.15) is 23.9 Å². The highest BCUT2D eigenvalue weighted by Crippen LogP contribution is 2.45. The van der Waals surface area contributed by atoms with E-state index in [9.17, 15) is 0 Å². The van der Waals surface area contributed by atoms with Crippen molar-refractivity contribution in [3.8, 4) is 56.6 Å². The minimum atomic E-state index is 0.496. The Bertz CT molecular complexity index is 2500. The lowest BCUT2D eigenvalue weighted by Gasteiger charge is -2.18. The van der Waals surface area contributed by atoms with Crippen molar-refractivity contribution in [2.45, 2.75) is 0 Å². The van der Waals surface area contributed by atoms with Crippen LogP contribution in [0.2, 0.25) is 0 Å². The molecule has 0 fully saturated rings. The molecule has 0 aliphatic heterocycles. The molecule has 46 heavy (non-hydrogen) atoms. The lowest BCUT2D eigenvalue weighted by molar-refractivity contribution is 0.572. The predicted octanol–water partition coefficient (Wildman–Crippen LogP) is 10.2. The van der Waals surface area contributed by atoms with Crippen LogP contribution in [0.15, 0.2) is 155 Å². The summed E-state index contributed by atoms with van der Waals surface area (Å²) in [5.74, 6) is 0.994. The number of aromatic nitrogens is 4. The third-order valence-electron chi connectivity index (χ3n) is 8.51. The lowest BCUT2D eigenvalue weighted by atomic mass is 9.85. The Morgan fingerprint density at radius 1 is 0.391 bits per heavy atom. The summed E-state index contributed by atoms with van der Waals surface area (Å²) in [7, 11) is 0. The minimum Gasteiger partial charge on any atom is -0.443 e. The van der Waals surface area contributed by atoms with E-state index in [1.807, 2.05) is 24.5 Å². The van der Waals surface area contributed by atoms with Crippen LogP contribution in [0.1, 0.15) is 0 Å². The molecule has 0 saturated heterocycles. The zero-order valence-corrected chi connectivity index (χ0v) is 24.5. The van der Waals surface area contributed by atoms with Crippen LogP contribution in [0.3, 0.4) is 0 Å². The van der Waals surface area contributed by atoms with Crippen molar-refractivity contribution >= 4 is 32.3 Å². The maximum atomic E-state index is 5.51. The Kier molecular flexibility index (Phi) is 6.03. The zero-order valence-electron chi connectivity index (χ0n) is 24.5. The van der Waals surface area contributed by atoms with Crippen LogP contribution in [-0.4, -0.2) is 19.9 Å². The summed E-state index contributed by atoms with van der Waals surface area (Å²) >= 11 is 0. The molecule has 0 saturated carbocycles. The summed E-state index contributed by atoms with van der Waals surface area (Å²) in [6, 6.07) is 38.5. The highest BCUT2D eigenvalue weighted by molar-refractivity contribution is 6.22. The molecule has 0 aliphatic carbocycles. The van der Waals surface area contributed by atoms with Crippen LogP contribution >= 0.6 is 0 Å². The predicted molar refractivity (Wildman–Crippen MR) is 182 cm³/mol. The van der Waals surface area contributed by atoms with Crippen molar-refractivity contribution < 1.29 is 8.83 Å². The molecule has 9 rings (SSSR count). The molecule has 0 N–H and O–H groups in total. The van der Waals surface area contributed by atoms with Crippen molar-refractivity contribution in [3.05, 3.63) is 147 Å². The summed E-state index contributed by atoms with van der Waals surface area (Å²) in [5, 5.41) is 6.94. The van der Waals surface area contributed by atoms with Crippen LogP contribution in [0, 0.1) is 0 Å². The Morgan fingerprint density at radius 3 is 1.50 bits per heavy atom. The highest BCUT2D eigenvalue weighted by Gasteiger charge is 2.19. The van der Waals surface area contributed by atoms with Crippen molar-refractivity contribution in [1.82, 2.24) is 19.9 Å². The van der Waals surface area contributed by atoms with Crippen LogP contribution in [0.5, 0.6) is 0 Å². The number of hydrogen-bond acceptors (Lipinski definition) is 6. The van der Waals surface area contributed by atoms with E-state index in [2.05, 4.69) is 107 Å². The van der Waals surface area contributed by atoms with Gasteiger partial charge in [-0.05, 0) is 78.8 Å². The molecule has 216 valence electrons. The van der Waals surface area contributed by atoms with Crippen molar-refractivity contribution in [2.75, 3.05) is 0 Å². The van der Waals surface area contributed by atoms with Gasteiger partial charge in [0, 0.05) is 23.5 Å². The second-order valence-electron chi connectivity index (χ2n) is 11.2. The van der Waals surface area contributed by atoms with E-state index in [4.69, 9.17) is 18.8 Å². The molecule has 0 bridgehead atoms. The highest BCUT2D eigenvalue weighted by atomic mass is 16.3. The van der Waals surface area contributed by atoms with E-state index in [0.29, 0.717) is 23.2 Å². The Morgan fingerprint density at radius 2 is 0.913 bits per heavy atom. The molecule has 6 heteroatoms. The van der Waals surface area contributed by atoms with Crippen LogP contribution in [0.4, 0.5) is 0 Å². The fraction of sp³-hybridized carbons (Fsp3) is 0. The van der Waals surface area contributed by atoms with Gasteiger partial charge in [0.2, 0.25) is 11.8 Å². The monoisotopic (exact) mass is 592 g/mol. The molecule has 5 aromatic carbocycles. The number of benzene rings is 5. The average molecular weight is 593 g/mol. The van der Waals surface area contributed by atoms with Crippen LogP contribution in [-0.2, 0) is 0 Å². The Balaban J connectivity index is 1.31. The maximum absolute atomic E-state index is 5.51. The number of pyridine rings is 2. The lowest BCUT2D eigenvalue weighted by Crippen LogP contribution is -1.93. The molecular weight excluding hydrogens is 568 g/mol. The van der Waals surface area contributed by atoms with E-state index < -0.39 is 0 Å². The topological polar surface area (TPSA) is 77.8 Å². The fourth-order valence-electron chi connectivity index (χ4n) is 6.39. The quantitative estimate of drug-likeness (QED) is 0.185. The molecule has 0 atom stereocenters. The van der Waals surface area contributed by atoms with Gasteiger partial charge < -0.3 is 8.83 Å². The van der Waals surface area contributed by atoms with Gasteiger partial charge in [0.25, 0.3) is 0 Å². The molecule has 4 heterocycles. The summed E-state index contributed by atoms with van der Waals surface area (Å²) < 4.78 is 11.0. The molecule has 0 unspecified atom stereocenters. The van der Waals surface area contributed by atoms with Gasteiger partial charge in [0.05, 0.1) is 12.4 Å². The van der Waals surface area contributed by atoms with E-state index in [1.54, 1.807) is 24.9 Å². The normalized spacial score (nSPS) is 11.5. The number of rotatable bonds is 5. The molecule has 0 spiro atoms. The van der Waals surface area contributed by atoms with Gasteiger partial charge in [-0.15, -0.1) is 0 Å². The molecule has 4 aromatic heterocycles. The first-order valence-corrected chi connectivity index (χ1v) is 15.0. The van der Waals surface area contributed by atoms with Crippen LogP contribution < -0.4 is 0 Å². The van der Waals surface area contributed by atoms with Crippen LogP contribution in [0.25, 0.3) is 88.9 Å². The molecule has 9 aromatic rings. The molecule has 0 aliphatic rings. The van der Waals surface area contributed by atoms with Gasteiger partial charge in [-0.3, -0.25) is 9.97 Å². The number of oxazole rings is 2. The molecule has 0 radical (unpaired) electrons. The van der Waals surface area contributed by atoms with E-state index in [1.165, 1.54) is 10.8 Å². The second kappa shape index (κ2) is 10.6. The standard InChI is InChI=1S/C40H24N4O2/c1-2-6-26-21-27(10-9-25(26)5-1)28-11-14-33-34(22-28)38(30-13-16-36(44-24-30)40-42-18-20-46-40)32-8-4-3-7-31(32)37(33)29-12-15-35(43-23-29)39-41-17-19-45-39/h1-24H. The van der Waals surface area contributed by atoms with E-state index >= 15 is 0 Å². The largest absolute Gasteiger partial charge is 0.443 e. The van der Waals surface area contributed by atoms with Gasteiger partial charge >= 0.3 is 0 Å². The summed E-state index contributed by atoms with van der Waals surface area (Å²) in [6.45, 7) is 0. The molecular formula is C40H24N4O2. The number of hydrogen-bond donors (Lipinski definition) is 0. The first-order valence-electron chi connectivity index (χ1n) is 15.0. The first-order chi connectivity index (χ1) is 22.8. The van der Waals surface area contributed by atoms with Crippen molar-refractivity contribution in [2.24, 2.45) is 0 Å². The fourth-order valence-corrected chi connectivity index (χ4v) is 6.39. The zero-order chi connectivity index (χ0) is 30.5. The second-order valence-corrected chi connectivity index (χ2v) is 11.2. The van der Waals surface area contributed by atoms with Crippen molar-refractivity contribution in [1.29, 1.82) is 0 Å². The van der Waals surface area contributed by atoms with Gasteiger partial charge in [-0.25, -0.2) is 9.97 Å². The maximum Gasteiger partial charge on any atom is 0.244 e.